The smallest absolute Gasteiger partial charge is 0.410 e. The summed E-state index contributed by atoms with van der Waals surface area (Å²) in [5.41, 5.74) is 5.37. The van der Waals surface area contributed by atoms with E-state index in [4.69, 9.17) is 10.5 Å². The van der Waals surface area contributed by atoms with Crippen molar-refractivity contribution in [2.24, 2.45) is 5.73 Å². The number of amides is 3. The number of nitro groups is 1. The van der Waals surface area contributed by atoms with Gasteiger partial charge in [0.2, 0.25) is 0 Å². The Kier molecular flexibility index (Phi) is 16.1. The van der Waals surface area contributed by atoms with E-state index in [0.29, 0.717) is 15.0 Å². The highest BCUT2D eigenvalue weighted by molar-refractivity contribution is 9.10. The van der Waals surface area contributed by atoms with Crippen LogP contribution in [0.25, 0.3) is 0 Å². The molecule has 3 aromatic rings. The van der Waals surface area contributed by atoms with Crippen LogP contribution in [0.3, 0.4) is 0 Å². The number of ether oxygens (including phenoxy) is 1. The number of non-ortho nitro benzene ring substituents is 1. The van der Waals surface area contributed by atoms with Gasteiger partial charge in [-0.1, -0.05) is 12.1 Å². The summed E-state index contributed by atoms with van der Waals surface area (Å²) in [7, 11) is 0. The Hall–Kier alpha value is -4.04. The lowest BCUT2D eigenvalue weighted by Crippen LogP contribution is -2.38. The molecule has 0 saturated heterocycles. The van der Waals surface area contributed by atoms with Crippen LogP contribution in [0.1, 0.15) is 61.5 Å². The summed E-state index contributed by atoms with van der Waals surface area (Å²) in [5.74, 6) is -2.87. The van der Waals surface area contributed by atoms with Crippen molar-refractivity contribution in [2.75, 3.05) is 13.1 Å². The molecule has 2 fully saturated rings. The molecule has 12 nitrogen and oxygen atoms in total. The molecule has 2 aliphatic rings. The zero-order valence-electron chi connectivity index (χ0n) is 27.2. The molecule has 2 atom stereocenters. The summed E-state index contributed by atoms with van der Waals surface area (Å²) in [5, 5.41) is 18.1. The number of aromatic nitrogens is 2. The number of halogens is 8. The molecule has 0 bridgehead atoms. The average molecular weight is 871 g/mol. The fraction of sp³-hybridized carbons (Fsp3) is 0.438. The number of carbonyl (C=O) groups excluding carboxylic acids is 2. The number of hydrogen-bond acceptors (Lipinski definition) is 8. The van der Waals surface area contributed by atoms with E-state index >= 15 is 0 Å². The van der Waals surface area contributed by atoms with Crippen LogP contribution in [0, 0.1) is 10.1 Å². The zero-order valence-corrected chi connectivity index (χ0v) is 30.4. The molecule has 3 amide bonds. The molecule has 284 valence electrons. The standard InChI is InChI=1S/C13H15BrF3N3O.C10H10N2O4.C9H10BrF3N2/c14-11-4-1-8(7-19-11)10(13(15,16)17)5-6-18-12(21)20-9-2-3-9;13-10(11-7-1-2-7)16-9-5-3-8(4-6-9)12(14)15;10-8-2-1-6(5-15-8)7(3-4-14)9(11,12)13/h1,4,7,9-10H,2-3,5-6H2,(H2,18,20,21);3-7H,1-2H2,(H,11,13);1-2,5,7H,3-4,14H2. The number of pyridine rings is 2. The fourth-order valence-electron chi connectivity index (χ4n) is 4.35. The normalized spacial score (nSPS) is 15.0. The van der Waals surface area contributed by atoms with Gasteiger partial charge >= 0.3 is 24.5 Å². The number of nitrogens with one attached hydrogen (secondary N) is 3. The third-order valence-corrected chi connectivity index (χ3v) is 8.28. The van der Waals surface area contributed by atoms with E-state index in [9.17, 15) is 46.0 Å². The number of benzene rings is 1. The van der Waals surface area contributed by atoms with Gasteiger partial charge in [0.1, 0.15) is 15.0 Å². The number of nitrogens with two attached hydrogens (primary N) is 1. The quantitative estimate of drug-likeness (QED) is 0.0649. The first kappa shape index (κ1) is 42.4. The van der Waals surface area contributed by atoms with Gasteiger partial charge in [-0.25, -0.2) is 19.6 Å². The van der Waals surface area contributed by atoms with E-state index in [-0.39, 0.29) is 54.8 Å². The fourth-order valence-corrected chi connectivity index (χ4v) is 4.82. The van der Waals surface area contributed by atoms with Crippen LogP contribution in [-0.2, 0) is 0 Å². The van der Waals surface area contributed by atoms with Crippen molar-refractivity contribution < 1.29 is 45.6 Å². The van der Waals surface area contributed by atoms with Crippen LogP contribution in [0.15, 0.2) is 70.1 Å². The number of urea groups is 1. The minimum atomic E-state index is -4.37. The molecule has 2 aliphatic carbocycles. The van der Waals surface area contributed by atoms with Crippen molar-refractivity contribution in [2.45, 2.75) is 74.8 Å². The summed E-state index contributed by atoms with van der Waals surface area (Å²) in [6.07, 6.45) is -3.24. The van der Waals surface area contributed by atoms with Gasteiger partial charge in [0.25, 0.3) is 5.69 Å². The lowest BCUT2D eigenvalue weighted by atomic mass is 9.97. The SMILES string of the molecule is NCCC(c1ccc(Br)nc1)C(F)(F)F.O=C(NC1CC1)Oc1ccc([N+](=O)[O-])cc1.O=C(NCCC(c1ccc(Br)nc1)C(F)(F)F)NC1CC1. The summed E-state index contributed by atoms with van der Waals surface area (Å²) in [6, 6.07) is 11.1. The highest BCUT2D eigenvalue weighted by atomic mass is 79.9. The number of alkyl halides is 6. The summed E-state index contributed by atoms with van der Waals surface area (Å²) < 4.78 is 83.0. The van der Waals surface area contributed by atoms with Gasteiger partial charge in [-0.05, 0) is 112 Å². The third-order valence-electron chi connectivity index (χ3n) is 7.34. The molecule has 2 heterocycles. The Morgan fingerprint density at radius 1 is 0.827 bits per heavy atom. The number of nitro benzene ring substituents is 1. The number of hydrogen-bond donors (Lipinski definition) is 4. The van der Waals surface area contributed by atoms with Crippen molar-refractivity contribution in [3.05, 3.63) is 91.4 Å². The van der Waals surface area contributed by atoms with E-state index in [2.05, 4.69) is 57.8 Å². The van der Waals surface area contributed by atoms with Gasteiger partial charge in [0.05, 0.1) is 16.8 Å². The Morgan fingerprint density at radius 3 is 1.71 bits per heavy atom. The Balaban J connectivity index is 0.000000214. The van der Waals surface area contributed by atoms with Gasteiger partial charge in [-0.3, -0.25) is 10.1 Å². The van der Waals surface area contributed by atoms with Gasteiger partial charge in [-0.2, -0.15) is 26.3 Å². The molecule has 5 rings (SSSR count). The molecule has 52 heavy (non-hydrogen) atoms. The molecular weight excluding hydrogens is 836 g/mol. The second-order valence-electron chi connectivity index (χ2n) is 11.6. The molecule has 0 aliphatic heterocycles. The second-order valence-corrected chi connectivity index (χ2v) is 13.2. The summed E-state index contributed by atoms with van der Waals surface area (Å²) >= 11 is 6.15. The van der Waals surface area contributed by atoms with E-state index in [1.165, 1.54) is 60.9 Å². The maximum Gasteiger partial charge on any atom is 0.412 e. The van der Waals surface area contributed by atoms with Crippen molar-refractivity contribution in [3.63, 3.8) is 0 Å². The van der Waals surface area contributed by atoms with Crippen LogP contribution in [-0.4, -0.2) is 64.5 Å². The van der Waals surface area contributed by atoms with Crippen LogP contribution in [0.4, 0.5) is 41.6 Å². The predicted molar refractivity (Wildman–Crippen MR) is 185 cm³/mol. The molecule has 0 radical (unpaired) electrons. The van der Waals surface area contributed by atoms with Crippen molar-refractivity contribution in [1.29, 1.82) is 0 Å². The summed E-state index contributed by atoms with van der Waals surface area (Å²) in [6.45, 7) is -0.0426. The number of rotatable bonds is 11. The third kappa shape index (κ3) is 15.7. The maximum absolute atomic E-state index is 13.1. The minimum Gasteiger partial charge on any atom is -0.410 e. The second kappa shape index (κ2) is 19.7. The molecule has 20 heteroatoms. The Bertz CT molecular complexity index is 1590. The van der Waals surface area contributed by atoms with Gasteiger partial charge in [-0.15, -0.1) is 0 Å². The minimum absolute atomic E-state index is 0.000239. The first-order chi connectivity index (χ1) is 24.5. The maximum atomic E-state index is 13.1. The van der Waals surface area contributed by atoms with Gasteiger partial charge < -0.3 is 26.4 Å². The highest BCUT2D eigenvalue weighted by Crippen LogP contribution is 2.38. The van der Waals surface area contributed by atoms with Gasteiger partial charge in [0, 0.05) is 43.2 Å². The largest absolute Gasteiger partial charge is 0.412 e. The van der Waals surface area contributed by atoms with Crippen molar-refractivity contribution >= 4 is 49.7 Å². The Morgan fingerprint density at radius 2 is 1.31 bits per heavy atom. The first-order valence-corrected chi connectivity index (χ1v) is 17.4. The topological polar surface area (TPSA) is 174 Å². The van der Waals surface area contributed by atoms with Crippen LogP contribution in [0.2, 0.25) is 0 Å². The van der Waals surface area contributed by atoms with Crippen LogP contribution in [0.5, 0.6) is 5.75 Å². The van der Waals surface area contributed by atoms with E-state index in [0.717, 1.165) is 25.7 Å². The van der Waals surface area contributed by atoms with E-state index < -0.39 is 41.2 Å². The van der Waals surface area contributed by atoms with Crippen LogP contribution >= 0.6 is 31.9 Å². The Labute approximate surface area is 311 Å². The molecule has 2 unspecified atom stereocenters. The number of carbonyl (C=O) groups is 2. The lowest BCUT2D eigenvalue weighted by molar-refractivity contribution is -0.384. The molecule has 5 N–H and O–H groups in total. The molecule has 1 aromatic carbocycles. The van der Waals surface area contributed by atoms with Crippen molar-refractivity contribution in [3.8, 4) is 5.75 Å². The van der Waals surface area contributed by atoms with Crippen molar-refractivity contribution in [1.82, 2.24) is 25.9 Å². The average Bonchev–Trinajstić information content (AvgIpc) is 4.01. The van der Waals surface area contributed by atoms with Crippen LogP contribution < -0.4 is 26.4 Å². The molecule has 2 aromatic heterocycles. The van der Waals surface area contributed by atoms with E-state index in [1.807, 2.05) is 0 Å². The number of nitrogens with zero attached hydrogens (tertiary/aromatic N) is 3. The summed E-state index contributed by atoms with van der Waals surface area (Å²) in [4.78, 5) is 40.1. The predicted octanol–water partition coefficient (Wildman–Crippen LogP) is 8.03. The zero-order chi connectivity index (χ0) is 38.5. The van der Waals surface area contributed by atoms with E-state index in [1.54, 1.807) is 0 Å². The monoisotopic (exact) mass is 869 g/mol. The first-order valence-electron chi connectivity index (χ1n) is 15.8. The molecule has 2 saturated carbocycles. The molecule has 0 spiro atoms. The van der Waals surface area contributed by atoms with Gasteiger partial charge in [0.15, 0.2) is 0 Å². The molecular formula is C32H35Br2F6N7O5. The lowest BCUT2D eigenvalue weighted by Gasteiger charge is -2.20. The highest BCUT2D eigenvalue weighted by Gasteiger charge is 2.41.